The second kappa shape index (κ2) is 12.1. The van der Waals surface area contributed by atoms with Gasteiger partial charge in [-0.05, 0) is 18.6 Å². The van der Waals surface area contributed by atoms with Crippen molar-refractivity contribution in [2.75, 3.05) is 45.9 Å². The Morgan fingerprint density at radius 2 is 1.79 bits per heavy atom. The third-order valence-corrected chi connectivity index (χ3v) is 4.79. The summed E-state index contributed by atoms with van der Waals surface area (Å²) in [6.07, 6.45) is 0. The van der Waals surface area contributed by atoms with E-state index in [1.807, 2.05) is 36.4 Å². The van der Waals surface area contributed by atoms with Crippen LogP contribution < -0.4 is 15.4 Å². The van der Waals surface area contributed by atoms with Crippen LogP contribution in [-0.4, -0.2) is 56.8 Å². The van der Waals surface area contributed by atoms with E-state index >= 15 is 0 Å². The standard InChI is InChI=1S/C23H32N4O2/c1-2-24-23(25-12-13-27-14-16-28-17-15-27)26-18-21-10-6-7-11-22(21)29-19-20-8-4-3-5-9-20/h3-11H,2,12-19H2,1H3,(H2,24,25,26). The number of nitrogens with zero attached hydrogens (tertiary/aromatic N) is 2. The molecule has 0 amide bonds. The maximum absolute atomic E-state index is 6.05. The largest absolute Gasteiger partial charge is 0.489 e. The molecule has 2 aromatic carbocycles. The van der Waals surface area contributed by atoms with Crippen molar-refractivity contribution in [3.63, 3.8) is 0 Å². The van der Waals surface area contributed by atoms with Crippen molar-refractivity contribution in [2.45, 2.75) is 20.1 Å². The lowest BCUT2D eigenvalue weighted by Gasteiger charge is -2.26. The fourth-order valence-electron chi connectivity index (χ4n) is 3.17. The Hall–Kier alpha value is -2.57. The maximum atomic E-state index is 6.05. The predicted octanol–water partition coefficient (Wildman–Crippen LogP) is 2.65. The van der Waals surface area contributed by atoms with Crippen molar-refractivity contribution >= 4 is 5.96 Å². The van der Waals surface area contributed by atoms with Gasteiger partial charge in [-0.2, -0.15) is 0 Å². The molecular weight excluding hydrogens is 364 g/mol. The highest BCUT2D eigenvalue weighted by atomic mass is 16.5. The van der Waals surface area contributed by atoms with Crippen LogP contribution in [-0.2, 0) is 17.9 Å². The molecule has 1 aliphatic heterocycles. The lowest BCUT2D eigenvalue weighted by Crippen LogP contribution is -2.44. The molecule has 0 unspecified atom stereocenters. The first-order valence-corrected chi connectivity index (χ1v) is 10.4. The molecule has 1 aliphatic rings. The van der Waals surface area contributed by atoms with E-state index in [9.17, 15) is 0 Å². The molecule has 0 aliphatic carbocycles. The first-order valence-electron chi connectivity index (χ1n) is 10.4. The number of guanidine groups is 1. The number of hydrogen-bond donors (Lipinski definition) is 2. The van der Waals surface area contributed by atoms with Gasteiger partial charge in [0.15, 0.2) is 5.96 Å². The molecule has 6 heteroatoms. The number of hydrogen-bond acceptors (Lipinski definition) is 4. The SMILES string of the molecule is CCNC(=NCc1ccccc1OCc1ccccc1)NCCN1CCOCC1. The number of aliphatic imine (C=N–C) groups is 1. The molecule has 156 valence electrons. The van der Waals surface area contributed by atoms with Crippen LogP contribution in [0.25, 0.3) is 0 Å². The number of rotatable bonds is 9. The fourth-order valence-corrected chi connectivity index (χ4v) is 3.17. The quantitative estimate of drug-likeness (QED) is 0.504. The van der Waals surface area contributed by atoms with Crippen molar-refractivity contribution in [3.8, 4) is 5.75 Å². The van der Waals surface area contributed by atoms with E-state index in [2.05, 4.69) is 40.7 Å². The number of morpholine rings is 1. The average Bonchev–Trinajstić information content (AvgIpc) is 2.78. The summed E-state index contributed by atoms with van der Waals surface area (Å²) < 4.78 is 11.4. The normalized spacial score (nSPS) is 15.1. The minimum absolute atomic E-state index is 0.555. The molecule has 2 aromatic rings. The first kappa shape index (κ1) is 21.1. The van der Waals surface area contributed by atoms with Crippen LogP contribution in [0.1, 0.15) is 18.1 Å². The van der Waals surface area contributed by atoms with Crippen LogP contribution in [0.2, 0.25) is 0 Å². The van der Waals surface area contributed by atoms with E-state index in [-0.39, 0.29) is 0 Å². The molecule has 1 saturated heterocycles. The molecule has 0 saturated carbocycles. The molecule has 0 aromatic heterocycles. The van der Waals surface area contributed by atoms with Crippen LogP contribution in [0.4, 0.5) is 0 Å². The Morgan fingerprint density at radius 3 is 2.59 bits per heavy atom. The second-order valence-electron chi connectivity index (χ2n) is 6.96. The first-order chi connectivity index (χ1) is 14.3. The van der Waals surface area contributed by atoms with Gasteiger partial charge in [0.2, 0.25) is 0 Å². The number of benzene rings is 2. The summed E-state index contributed by atoms with van der Waals surface area (Å²) in [4.78, 5) is 7.16. The molecule has 1 heterocycles. The monoisotopic (exact) mass is 396 g/mol. The van der Waals surface area contributed by atoms with Gasteiger partial charge < -0.3 is 20.1 Å². The Bertz CT molecular complexity index is 746. The average molecular weight is 397 g/mol. The Balaban J connectivity index is 1.53. The summed E-state index contributed by atoms with van der Waals surface area (Å²) in [6, 6.07) is 18.3. The summed E-state index contributed by atoms with van der Waals surface area (Å²) in [7, 11) is 0. The van der Waals surface area contributed by atoms with Crippen LogP contribution in [0, 0.1) is 0 Å². The minimum Gasteiger partial charge on any atom is -0.489 e. The van der Waals surface area contributed by atoms with Gasteiger partial charge in [-0.25, -0.2) is 4.99 Å². The van der Waals surface area contributed by atoms with Crippen LogP contribution >= 0.6 is 0 Å². The van der Waals surface area contributed by atoms with E-state index in [1.54, 1.807) is 0 Å². The van der Waals surface area contributed by atoms with Crippen LogP contribution in [0.15, 0.2) is 59.6 Å². The second-order valence-corrected chi connectivity index (χ2v) is 6.96. The van der Waals surface area contributed by atoms with E-state index in [1.165, 1.54) is 0 Å². The summed E-state index contributed by atoms with van der Waals surface area (Å²) in [5.74, 6) is 1.71. The van der Waals surface area contributed by atoms with Crippen LogP contribution in [0.3, 0.4) is 0 Å². The van der Waals surface area contributed by atoms with E-state index in [0.717, 1.165) is 68.8 Å². The lowest BCUT2D eigenvalue weighted by atomic mass is 10.2. The smallest absolute Gasteiger partial charge is 0.191 e. The molecular formula is C23H32N4O2. The van der Waals surface area contributed by atoms with Gasteiger partial charge in [0, 0.05) is 38.3 Å². The zero-order valence-corrected chi connectivity index (χ0v) is 17.3. The van der Waals surface area contributed by atoms with E-state index in [0.29, 0.717) is 13.2 Å². The Kier molecular flexibility index (Phi) is 8.82. The molecule has 2 N–H and O–H groups in total. The summed E-state index contributed by atoms with van der Waals surface area (Å²) in [5.41, 5.74) is 2.23. The molecule has 3 rings (SSSR count). The molecule has 29 heavy (non-hydrogen) atoms. The van der Waals surface area contributed by atoms with Gasteiger partial charge in [0.1, 0.15) is 12.4 Å². The van der Waals surface area contributed by atoms with Gasteiger partial charge >= 0.3 is 0 Å². The number of para-hydroxylation sites is 1. The number of ether oxygens (including phenoxy) is 2. The molecule has 6 nitrogen and oxygen atoms in total. The molecule has 0 radical (unpaired) electrons. The van der Waals surface area contributed by atoms with E-state index in [4.69, 9.17) is 14.5 Å². The van der Waals surface area contributed by atoms with Crippen molar-refractivity contribution in [3.05, 3.63) is 65.7 Å². The Labute approximate surface area is 173 Å². The molecule has 0 atom stereocenters. The lowest BCUT2D eigenvalue weighted by molar-refractivity contribution is 0.0389. The third-order valence-electron chi connectivity index (χ3n) is 4.79. The summed E-state index contributed by atoms with van der Waals surface area (Å²) in [5, 5.41) is 6.75. The molecule has 0 spiro atoms. The topological polar surface area (TPSA) is 58.1 Å². The van der Waals surface area contributed by atoms with E-state index < -0.39 is 0 Å². The van der Waals surface area contributed by atoms with Crippen LogP contribution in [0.5, 0.6) is 5.75 Å². The summed E-state index contributed by atoms with van der Waals surface area (Å²) in [6.45, 7) is 9.54. The predicted molar refractivity (Wildman–Crippen MR) is 117 cm³/mol. The third kappa shape index (κ3) is 7.40. The van der Waals surface area contributed by atoms with Gasteiger partial charge in [-0.15, -0.1) is 0 Å². The number of nitrogens with one attached hydrogen (secondary N) is 2. The minimum atomic E-state index is 0.555. The van der Waals surface area contributed by atoms with Crippen molar-refractivity contribution < 1.29 is 9.47 Å². The van der Waals surface area contributed by atoms with Gasteiger partial charge in [-0.3, -0.25) is 4.90 Å². The molecule has 0 bridgehead atoms. The highest BCUT2D eigenvalue weighted by Gasteiger charge is 2.10. The van der Waals surface area contributed by atoms with Crippen molar-refractivity contribution in [1.82, 2.24) is 15.5 Å². The van der Waals surface area contributed by atoms with Gasteiger partial charge in [-0.1, -0.05) is 48.5 Å². The molecule has 1 fully saturated rings. The van der Waals surface area contributed by atoms with Crippen molar-refractivity contribution in [2.24, 2.45) is 4.99 Å². The van der Waals surface area contributed by atoms with Gasteiger partial charge in [0.25, 0.3) is 0 Å². The zero-order valence-electron chi connectivity index (χ0n) is 17.3. The Morgan fingerprint density at radius 1 is 1.03 bits per heavy atom. The van der Waals surface area contributed by atoms with Gasteiger partial charge in [0.05, 0.1) is 19.8 Å². The maximum Gasteiger partial charge on any atom is 0.191 e. The fraction of sp³-hybridized carbons (Fsp3) is 0.435. The highest BCUT2D eigenvalue weighted by Crippen LogP contribution is 2.20. The summed E-state index contributed by atoms with van der Waals surface area (Å²) >= 11 is 0. The zero-order chi connectivity index (χ0) is 20.2. The highest BCUT2D eigenvalue weighted by molar-refractivity contribution is 5.79. The van der Waals surface area contributed by atoms with Crippen molar-refractivity contribution in [1.29, 1.82) is 0 Å².